The molecular weight excluding hydrogens is 370 g/mol. The van der Waals surface area contributed by atoms with E-state index >= 15 is 0 Å². The largest absolute Gasteiger partial charge is 0.392 e. The van der Waals surface area contributed by atoms with Crippen LogP contribution in [-0.2, 0) is 16.4 Å². The summed E-state index contributed by atoms with van der Waals surface area (Å²) in [5.74, 6) is 0. The van der Waals surface area contributed by atoms with Crippen LogP contribution in [0.1, 0.15) is 24.8 Å². The quantitative estimate of drug-likeness (QED) is 0.650. The number of benzene rings is 1. The van der Waals surface area contributed by atoms with Gasteiger partial charge < -0.3 is 15.5 Å². The maximum atomic E-state index is 12.8. The Balaban J connectivity index is 1.89. The van der Waals surface area contributed by atoms with E-state index in [0.29, 0.717) is 23.9 Å². The van der Waals surface area contributed by atoms with Gasteiger partial charge in [-0.05, 0) is 50.4 Å². The number of aliphatic hydroxyl groups excluding tert-OH is 2. The third-order valence-corrected chi connectivity index (χ3v) is 6.09. The van der Waals surface area contributed by atoms with Crippen molar-refractivity contribution in [3.63, 3.8) is 0 Å². The van der Waals surface area contributed by atoms with Gasteiger partial charge in [-0.1, -0.05) is 0 Å². The molecule has 148 valence electrons. The lowest BCUT2D eigenvalue weighted by Gasteiger charge is -2.30. The molecule has 0 bridgehead atoms. The normalized spacial score (nSPS) is 22.1. The van der Waals surface area contributed by atoms with Crippen molar-refractivity contribution in [2.24, 2.45) is 0 Å². The van der Waals surface area contributed by atoms with Crippen molar-refractivity contribution < 1.29 is 18.6 Å². The van der Waals surface area contributed by atoms with Gasteiger partial charge in [-0.3, -0.25) is 9.36 Å². The summed E-state index contributed by atoms with van der Waals surface area (Å²) >= 11 is 0. The Bertz CT molecular complexity index is 1000. The Morgan fingerprint density at radius 1 is 1.41 bits per heavy atom. The highest BCUT2D eigenvalue weighted by molar-refractivity contribution is 7.90. The standard InChI is InChI=1S/C18H25N3O5S/c1-11-6-13(27(2,25)26)8-14-17(11)20-10-21(18(14)24)9-12(22)7-15-16(23)4-3-5-19-15/h6,8,10,12,15-16,19,22-23H,3-5,7,9H2,1-2H3/t12?,15-,16+/m1/s1. The molecule has 1 aliphatic heterocycles. The van der Waals surface area contributed by atoms with Crippen LogP contribution in [0.4, 0.5) is 0 Å². The van der Waals surface area contributed by atoms with Crippen molar-refractivity contribution >= 4 is 20.7 Å². The average Bonchev–Trinajstić information content (AvgIpc) is 2.59. The molecule has 2 heterocycles. The van der Waals surface area contributed by atoms with Crippen LogP contribution in [0.25, 0.3) is 10.9 Å². The number of hydrogen-bond acceptors (Lipinski definition) is 7. The fourth-order valence-electron chi connectivity index (χ4n) is 3.53. The molecule has 8 nitrogen and oxygen atoms in total. The van der Waals surface area contributed by atoms with Gasteiger partial charge in [0.1, 0.15) is 0 Å². The summed E-state index contributed by atoms with van der Waals surface area (Å²) in [6.07, 6.45) is 3.00. The molecule has 2 aromatic rings. The molecule has 1 fully saturated rings. The van der Waals surface area contributed by atoms with Crippen molar-refractivity contribution in [3.05, 3.63) is 34.4 Å². The maximum absolute atomic E-state index is 12.8. The highest BCUT2D eigenvalue weighted by Crippen LogP contribution is 2.19. The van der Waals surface area contributed by atoms with Gasteiger partial charge in [-0.2, -0.15) is 0 Å². The Hall–Kier alpha value is -1.81. The molecule has 1 aromatic heterocycles. The number of sulfone groups is 1. The molecule has 27 heavy (non-hydrogen) atoms. The van der Waals surface area contributed by atoms with Crippen LogP contribution in [0.5, 0.6) is 0 Å². The average molecular weight is 395 g/mol. The summed E-state index contributed by atoms with van der Waals surface area (Å²) in [5, 5.41) is 23.8. The first-order valence-electron chi connectivity index (χ1n) is 8.96. The lowest BCUT2D eigenvalue weighted by atomic mass is 9.96. The number of fused-ring (bicyclic) bond motifs is 1. The molecule has 1 aliphatic rings. The van der Waals surface area contributed by atoms with Gasteiger partial charge in [0, 0.05) is 12.3 Å². The Morgan fingerprint density at radius 2 is 2.15 bits per heavy atom. The van der Waals surface area contributed by atoms with Gasteiger partial charge in [-0.25, -0.2) is 13.4 Å². The van der Waals surface area contributed by atoms with Gasteiger partial charge in [0.2, 0.25) is 0 Å². The second-order valence-electron chi connectivity index (χ2n) is 7.27. The van der Waals surface area contributed by atoms with E-state index < -0.39 is 27.6 Å². The second kappa shape index (κ2) is 7.67. The topological polar surface area (TPSA) is 122 Å². The fourth-order valence-corrected chi connectivity index (χ4v) is 4.25. The number of aryl methyl sites for hydroxylation is 1. The number of aromatic nitrogens is 2. The number of piperidine rings is 1. The first kappa shape index (κ1) is 19.9. The monoisotopic (exact) mass is 395 g/mol. The molecule has 3 N–H and O–H groups in total. The smallest absolute Gasteiger partial charge is 0.261 e. The highest BCUT2D eigenvalue weighted by atomic mass is 32.2. The number of hydrogen-bond donors (Lipinski definition) is 3. The number of aliphatic hydroxyl groups is 2. The minimum atomic E-state index is -3.46. The van der Waals surface area contributed by atoms with Crippen molar-refractivity contribution in [2.75, 3.05) is 12.8 Å². The summed E-state index contributed by atoms with van der Waals surface area (Å²) < 4.78 is 25.0. The lowest BCUT2D eigenvalue weighted by molar-refractivity contribution is 0.0539. The van der Waals surface area contributed by atoms with Gasteiger partial charge in [0.15, 0.2) is 9.84 Å². The van der Waals surface area contributed by atoms with Gasteiger partial charge in [0.05, 0.1) is 40.9 Å². The third-order valence-electron chi connectivity index (χ3n) is 5.00. The van der Waals surface area contributed by atoms with Crippen molar-refractivity contribution in [1.29, 1.82) is 0 Å². The van der Waals surface area contributed by atoms with Crippen LogP contribution in [0.3, 0.4) is 0 Å². The Morgan fingerprint density at radius 3 is 2.81 bits per heavy atom. The molecule has 9 heteroatoms. The molecule has 0 aliphatic carbocycles. The fraction of sp³-hybridized carbons (Fsp3) is 0.556. The van der Waals surface area contributed by atoms with Gasteiger partial charge >= 0.3 is 0 Å². The zero-order valence-electron chi connectivity index (χ0n) is 15.4. The predicted molar refractivity (Wildman–Crippen MR) is 102 cm³/mol. The molecule has 0 radical (unpaired) electrons. The van der Waals surface area contributed by atoms with Crippen LogP contribution < -0.4 is 10.9 Å². The molecule has 1 aromatic carbocycles. The molecule has 1 saturated heterocycles. The van der Waals surface area contributed by atoms with Crippen LogP contribution in [0, 0.1) is 6.92 Å². The molecule has 1 unspecified atom stereocenters. The van der Waals surface area contributed by atoms with Crippen LogP contribution in [0.15, 0.2) is 28.2 Å². The molecule has 0 amide bonds. The van der Waals surface area contributed by atoms with Crippen molar-refractivity contribution in [2.45, 2.75) is 55.9 Å². The zero-order valence-corrected chi connectivity index (χ0v) is 16.2. The molecule has 0 spiro atoms. The van der Waals surface area contributed by atoms with E-state index in [1.54, 1.807) is 6.92 Å². The van der Waals surface area contributed by atoms with E-state index in [9.17, 15) is 23.4 Å². The maximum Gasteiger partial charge on any atom is 0.261 e. The van der Waals surface area contributed by atoms with Crippen LogP contribution in [-0.4, -0.2) is 59.2 Å². The van der Waals surface area contributed by atoms with Crippen molar-refractivity contribution in [3.8, 4) is 0 Å². The predicted octanol–water partition coefficient (Wildman–Crippen LogP) is -0.0277. The number of nitrogens with zero attached hydrogens (tertiary/aromatic N) is 2. The molecule has 3 rings (SSSR count). The summed E-state index contributed by atoms with van der Waals surface area (Å²) in [6, 6.07) is 2.62. The Kier molecular flexibility index (Phi) is 5.66. The number of rotatable bonds is 5. The second-order valence-corrected chi connectivity index (χ2v) is 9.29. The third kappa shape index (κ3) is 4.37. The minimum Gasteiger partial charge on any atom is -0.392 e. The summed E-state index contributed by atoms with van der Waals surface area (Å²) in [4.78, 5) is 17.1. The molecule has 3 atom stereocenters. The van der Waals surface area contributed by atoms with E-state index in [1.807, 2.05) is 0 Å². The van der Waals surface area contributed by atoms with E-state index in [1.165, 1.54) is 23.0 Å². The van der Waals surface area contributed by atoms with E-state index in [4.69, 9.17) is 0 Å². The summed E-state index contributed by atoms with van der Waals surface area (Å²) in [7, 11) is -3.46. The Labute approximate surface area is 157 Å². The number of nitrogens with one attached hydrogen (secondary N) is 1. The van der Waals surface area contributed by atoms with Crippen LogP contribution in [0.2, 0.25) is 0 Å². The van der Waals surface area contributed by atoms with Crippen molar-refractivity contribution in [1.82, 2.24) is 14.9 Å². The van der Waals surface area contributed by atoms with Gasteiger partial charge in [-0.15, -0.1) is 0 Å². The van der Waals surface area contributed by atoms with E-state index in [-0.39, 0.29) is 22.9 Å². The summed E-state index contributed by atoms with van der Waals surface area (Å²) in [5.41, 5.74) is 0.652. The first-order valence-corrected chi connectivity index (χ1v) is 10.9. The van der Waals surface area contributed by atoms with Gasteiger partial charge in [0.25, 0.3) is 5.56 Å². The molecular formula is C18H25N3O5S. The molecule has 0 saturated carbocycles. The first-order chi connectivity index (χ1) is 12.7. The summed E-state index contributed by atoms with van der Waals surface area (Å²) in [6.45, 7) is 2.52. The highest BCUT2D eigenvalue weighted by Gasteiger charge is 2.25. The minimum absolute atomic E-state index is 0.0226. The zero-order chi connectivity index (χ0) is 19.8. The lowest BCUT2D eigenvalue weighted by Crippen LogP contribution is -2.47. The SMILES string of the molecule is Cc1cc(S(C)(=O)=O)cc2c(=O)n(CC(O)C[C@H]3NCCC[C@@H]3O)cnc12. The van der Waals surface area contributed by atoms with Crippen LogP contribution >= 0.6 is 0 Å². The van der Waals surface area contributed by atoms with E-state index in [0.717, 1.165) is 19.2 Å². The van der Waals surface area contributed by atoms with E-state index in [2.05, 4.69) is 10.3 Å².